The van der Waals surface area contributed by atoms with Gasteiger partial charge in [0, 0.05) is 47.4 Å². The molecule has 0 aliphatic carbocycles. The number of thiazole rings is 1. The molecule has 0 radical (unpaired) electrons. The average Bonchev–Trinajstić information content (AvgIpc) is 3.27. The van der Waals surface area contributed by atoms with Crippen molar-refractivity contribution < 1.29 is 14.4 Å². The minimum atomic E-state index is -0.420. The van der Waals surface area contributed by atoms with Gasteiger partial charge in [-0.1, -0.05) is 26.8 Å². The molecule has 0 saturated heterocycles. The van der Waals surface area contributed by atoms with Crippen LogP contribution in [0.2, 0.25) is 0 Å². The standard InChI is InChI=1S/C23H29N5O3S/c1-13-25-18(12-32-13)22(31)27-21-16(8-9-19(24)29)15-7-6-14(10-17(15)26-21)28(5)20(30)11-23(2,3)4/h6-7,10,12,26H,8-9,11H2,1-5H3,(H2,24,29)(H,27,31). The number of nitrogens with one attached hydrogen (secondary N) is 2. The molecular formula is C23H29N5O3S. The number of hydrogen-bond donors (Lipinski definition) is 3. The smallest absolute Gasteiger partial charge is 0.276 e. The quantitative estimate of drug-likeness (QED) is 0.498. The van der Waals surface area contributed by atoms with E-state index in [0.717, 1.165) is 27.2 Å². The molecule has 0 atom stereocenters. The van der Waals surface area contributed by atoms with Crippen LogP contribution in [0.15, 0.2) is 23.6 Å². The van der Waals surface area contributed by atoms with Crippen LogP contribution in [-0.2, 0) is 16.0 Å². The van der Waals surface area contributed by atoms with Crippen molar-refractivity contribution in [3.05, 3.63) is 39.8 Å². The molecule has 32 heavy (non-hydrogen) atoms. The maximum absolute atomic E-state index is 12.7. The molecule has 1 aromatic carbocycles. The maximum Gasteiger partial charge on any atom is 0.276 e. The highest BCUT2D eigenvalue weighted by molar-refractivity contribution is 7.09. The fourth-order valence-electron chi connectivity index (χ4n) is 3.43. The molecule has 3 amide bonds. The molecular weight excluding hydrogens is 426 g/mol. The van der Waals surface area contributed by atoms with Gasteiger partial charge >= 0.3 is 0 Å². The zero-order valence-electron chi connectivity index (χ0n) is 19.0. The van der Waals surface area contributed by atoms with Gasteiger partial charge < -0.3 is 20.9 Å². The van der Waals surface area contributed by atoms with Crippen LogP contribution < -0.4 is 16.0 Å². The number of rotatable bonds is 7. The molecule has 2 aromatic heterocycles. The number of fused-ring (bicyclic) bond motifs is 1. The Kier molecular flexibility index (Phi) is 6.68. The van der Waals surface area contributed by atoms with Crippen molar-refractivity contribution in [2.24, 2.45) is 11.1 Å². The summed E-state index contributed by atoms with van der Waals surface area (Å²) in [4.78, 5) is 45.8. The molecule has 170 valence electrons. The Balaban J connectivity index is 1.95. The Morgan fingerprint density at radius 2 is 1.97 bits per heavy atom. The van der Waals surface area contributed by atoms with Gasteiger partial charge in [0.25, 0.3) is 5.91 Å². The summed E-state index contributed by atoms with van der Waals surface area (Å²) in [5, 5.41) is 6.23. The lowest BCUT2D eigenvalue weighted by Crippen LogP contribution is -2.29. The summed E-state index contributed by atoms with van der Waals surface area (Å²) in [6.07, 6.45) is 0.945. The molecule has 0 spiro atoms. The molecule has 0 aliphatic heterocycles. The summed E-state index contributed by atoms with van der Waals surface area (Å²) < 4.78 is 0. The predicted molar refractivity (Wildman–Crippen MR) is 128 cm³/mol. The molecule has 0 aliphatic rings. The monoisotopic (exact) mass is 455 g/mol. The topological polar surface area (TPSA) is 121 Å². The van der Waals surface area contributed by atoms with Crippen molar-refractivity contribution in [1.29, 1.82) is 0 Å². The molecule has 0 bridgehead atoms. The summed E-state index contributed by atoms with van der Waals surface area (Å²) >= 11 is 1.40. The zero-order chi connectivity index (χ0) is 23.6. The van der Waals surface area contributed by atoms with Crippen molar-refractivity contribution in [3.8, 4) is 0 Å². The first-order valence-corrected chi connectivity index (χ1v) is 11.3. The van der Waals surface area contributed by atoms with Crippen molar-refractivity contribution in [3.63, 3.8) is 0 Å². The lowest BCUT2D eigenvalue weighted by molar-refractivity contribution is -0.120. The number of benzene rings is 1. The maximum atomic E-state index is 12.7. The van der Waals surface area contributed by atoms with Gasteiger partial charge in [-0.05, 0) is 30.9 Å². The summed E-state index contributed by atoms with van der Waals surface area (Å²) in [6, 6.07) is 5.62. The van der Waals surface area contributed by atoms with Gasteiger partial charge in [0.05, 0.1) is 5.01 Å². The fraction of sp³-hybridized carbons (Fsp3) is 0.391. The van der Waals surface area contributed by atoms with E-state index >= 15 is 0 Å². The number of aromatic nitrogens is 2. The Labute approximate surface area is 191 Å². The predicted octanol–water partition coefficient (Wildman–Crippen LogP) is 4.00. The van der Waals surface area contributed by atoms with Gasteiger partial charge in [-0.25, -0.2) is 4.98 Å². The van der Waals surface area contributed by atoms with Gasteiger partial charge in [0.1, 0.15) is 11.5 Å². The Morgan fingerprint density at radius 1 is 1.25 bits per heavy atom. The number of aryl methyl sites for hydroxylation is 2. The molecule has 0 unspecified atom stereocenters. The van der Waals surface area contributed by atoms with Crippen LogP contribution in [-0.4, -0.2) is 34.7 Å². The van der Waals surface area contributed by atoms with E-state index in [4.69, 9.17) is 5.73 Å². The highest BCUT2D eigenvalue weighted by Gasteiger charge is 2.21. The van der Waals surface area contributed by atoms with E-state index in [1.54, 1.807) is 17.3 Å². The van der Waals surface area contributed by atoms with Crippen LogP contribution in [0.3, 0.4) is 0 Å². The van der Waals surface area contributed by atoms with E-state index in [2.05, 4.69) is 15.3 Å². The van der Waals surface area contributed by atoms with E-state index in [-0.39, 0.29) is 23.7 Å². The van der Waals surface area contributed by atoms with Crippen LogP contribution in [0.4, 0.5) is 11.5 Å². The molecule has 3 rings (SSSR count). The van der Waals surface area contributed by atoms with Crippen LogP contribution in [0.25, 0.3) is 10.9 Å². The first kappa shape index (κ1) is 23.5. The molecule has 0 fully saturated rings. The van der Waals surface area contributed by atoms with Crippen LogP contribution in [0.1, 0.15) is 54.7 Å². The fourth-order valence-corrected chi connectivity index (χ4v) is 4.02. The summed E-state index contributed by atoms with van der Waals surface area (Å²) in [5.74, 6) is -0.239. The summed E-state index contributed by atoms with van der Waals surface area (Å²) in [6.45, 7) is 7.91. The van der Waals surface area contributed by atoms with E-state index in [9.17, 15) is 14.4 Å². The largest absolute Gasteiger partial charge is 0.370 e. The SMILES string of the molecule is Cc1nc(C(=O)Nc2[nH]c3cc(N(C)C(=O)CC(C)(C)C)ccc3c2CCC(N)=O)cs1. The number of primary amides is 1. The van der Waals surface area contributed by atoms with Crippen LogP contribution >= 0.6 is 11.3 Å². The number of carbonyl (C=O) groups is 3. The first-order chi connectivity index (χ1) is 14.9. The van der Waals surface area contributed by atoms with Crippen LogP contribution in [0, 0.1) is 12.3 Å². The number of hydrogen-bond acceptors (Lipinski definition) is 5. The lowest BCUT2D eigenvalue weighted by atomic mass is 9.91. The van der Waals surface area contributed by atoms with Gasteiger partial charge in [0.2, 0.25) is 11.8 Å². The second kappa shape index (κ2) is 9.12. The summed E-state index contributed by atoms with van der Waals surface area (Å²) in [5.41, 5.74) is 7.85. The molecule has 4 N–H and O–H groups in total. The number of aromatic amines is 1. The highest BCUT2D eigenvalue weighted by atomic mass is 32.1. The number of nitrogens with zero attached hydrogens (tertiary/aromatic N) is 2. The molecule has 3 aromatic rings. The third-order valence-electron chi connectivity index (χ3n) is 5.04. The molecule has 8 nitrogen and oxygen atoms in total. The number of H-pyrrole nitrogens is 1. The van der Waals surface area contributed by atoms with Gasteiger partial charge in [-0.2, -0.15) is 0 Å². The summed E-state index contributed by atoms with van der Waals surface area (Å²) in [7, 11) is 1.75. The second-order valence-corrected chi connectivity index (χ2v) is 10.1. The van der Waals surface area contributed by atoms with Gasteiger partial charge in [-0.3, -0.25) is 14.4 Å². The minimum Gasteiger partial charge on any atom is -0.370 e. The van der Waals surface area contributed by atoms with E-state index < -0.39 is 5.91 Å². The van der Waals surface area contributed by atoms with Crippen molar-refractivity contribution in [2.75, 3.05) is 17.3 Å². The normalized spacial score (nSPS) is 11.5. The highest BCUT2D eigenvalue weighted by Crippen LogP contribution is 2.31. The van der Waals surface area contributed by atoms with Gasteiger partial charge in [-0.15, -0.1) is 11.3 Å². The van der Waals surface area contributed by atoms with E-state index in [1.807, 2.05) is 45.9 Å². The number of anilines is 2. The number of amides is 3. The third-order valence-corrected chi connectivity index (χ3v) is 5.82. The third kappa shape index (κ3) is 5.53. The van der Waals surface area contributed by atoms with Crippen molar-refractivity contribution in [2.45, 2.75) is 47.0 Å². The molecule has 2 heterocycles. The molecule has 0 saturated carbocycles. The Hall–Kier alpha value is -3.20. The first-order valence-electron chi connectivity index (χ1n) is 10.4. The minimum absolute atomic E-state index is 0.0183. The second-order valence-electron chi connectivity index (χ2n) is 9.07. The van der Waals surface area contributed by atoms with E-state index in [0.29, 0.717) is 24.4 Å². The average molecular weight is 456 g/mol. The lowest BCUT2D eigenvalue weighted by Gasteiger charge is -2.23. The van der Waals surface area contributed by atoms with Crippen LogP contribution in [0.5, 0.6) is 0 Å². The Morgan fingerprint density at radius 3 is 2.56 bits per heavy atom. The van der Waals surface area contributed by atoms with Gasteiger partial charge in [0.15, 0.2) is 0 Å². The van der Waals surface area contributed by atoms with E-state index in [1.165, 1.54) is 11.3 Å². The molecule has 9 heteroatoms. The van der Waals surface area contributed by atoms with Crippen molar-refractivity contribution in [1.82, 2.24) is 9.97 Å². The number of carbonyl (C=O) groups excluding carboxylic acids is 3. The van der Waals surface area contributed by atoms with Crippen molar-refractivity contribution >= 4 is 51.5 Å². The number of nitrogens with two attached hydrogens (primary N) is 1. The zero-order valence-corrected chi connectivity index (χ0v) is 19.9. The Bertz CT molecular complexity index is 1170.